The minimum absolute atomic E-state index is 0.384. The molecule has 0 saturated carbocycles. The second-order valence-corrected chi connectivity index (χ2v) is 5.54. The zero-order valence-electron chi connectivity index (χ0n) is 10.8. The topological polar surface area (TPSA) is 62.4 Å². The second-order valence-electron chi connectivity index (χ2n) is 5.54. The SMILES string of the molecule is Cc1noc(C2CCN(CC(C)(C)O)CC2)n1. The van der Waals surface area contributed by atoms with Gasteiger partial charge in [-0.2, -0.15) is 4.98 Å². The van der Waals surface area contributed by atoms with Gasteiger partial charge in [-0.1, -0.05) is 5.16 Å². The van der Waals surface area contributed by atoms with E-state index in [0.29, 0.717) is 11.7 Å². The van der Waals surface area contributed by atoms with Crippen LogP contribution in [0.5, 0.6) is 0 Å². The van der Waals surface area contributed by atoms with Crippen LogP contribution in [0.15, 0.2) is 4.52 Å². The van der Waals surface area contributed by atoms with Gasteiger partial charge in [0.25, 0.3) is 0 Å². The van der Waals surface area contributed by atoms with E-state index in [1.54, 1.807) is 0 Å². The fourth-order valence-electron chi connectivity index (χ4n) is 2.36. The van der Waals surface area contributed by atoms with Crippen molar-refractivity contribution in [2.75, 3.05) is 19.6 Å². The largest absolute Gasteiger partial charge is 0.389 e. The molecule has 0 spiro atoms. The zero-order valence-corrected chi connectivity index (χ0v) is 10.8. The van der Waals surface area contributed by atoms with Gasteiger partial charge in [0.15, 0.2) is 5.82 Å². The first kappa shape index (κ1) is 12.5. The Balaban J connectivity index is 1.86. The van der Waals surface area contributed by atoms with Crippen LogP contribution in [0.2, 0.25) is 0 Å². The molecule has 2 rings (SSSR count). The van der Waals surface area contributed by atoms with Gasteiger partial charge in [0, 0.05) is 12.5 Å². The quantitative estimate of drug-likeness (QED) is 0.862. The number of rotatable bonds is 3. The Bertz CT molecular complexity index is 362. The molecule has 0 atom stereocenters. The molecule has 1 aliphatic rings. The molecule has 0 unspecified atom stereocenters. The molecule has 96 valence electrons. The predicted molar refractivity (Wildman–Crippen MR) is 63.7 cm³/mol. The first-order valence-electron chi connectivity index (χ1n) is 6.19. The molecule has 0 radical (unpaired) electrons. The van der Waals surface area contributed by atoms with Crippen molar-refractivity contribution >= 4 is 0 Å². The lowest BCUT2D eigenvalue weighted by Gasteiger charge is -2.34. The number of hydrogen-bond acceptors (Lipinski definition) is 5. The van der Waals surface area contributed by atoms with Crippen LogP contribution in [0, 0.1) is 6.92 Å². The van der Waals surface area contributed by atoms with Crippen LogP contribution in [0.3, 0.4) is 0 Å². The molecular formula is C12H21N3O2. The van der Waals surface area contributed by atoms with E-state index in [1.807, 2.05) is 20.8 Å². The summed E-state index contributed by atoms with van der Waals surface area (Å²) in [5.41, 5.74) is -0.617. The maximum atomic E-state index is 9.77. The van der Waals surface area contributed by atoms with Crippen molar-refractivity contribution in [2.24, 2.45) is 0 Å². The van der Waals surface area contributed by atoms with Crippen molar-refractivity contribution in [2.45, 2.75) is 45.1 Å². The van der Waals surface area contributed by atoms with E-state index >= 15 is 0 Å². The maximum Gasteiger partial charge on any atom is 0.229 e. The Morgan fingerprint density at radius 2 is 2.06 bits per heavy atom. The van der Waals surface area contributed by atoms with Gasteiger partial charge in [0.1, 0.15) is 0 Å². The van der Waals surface area contributed by atoms with Crippen LogP contribution in [0.1, 0.15) is 44.3 Å². The minimum Gasteiger partial charge on any atom is -0.389 e. The van der Waals surface area contributed by atoms with Gasteiger partial charge in [-0.25, -0.2) is 0 Å². The summed E-state index contributed by atoms with van der Waals surface area (Å²) in [5, 5.41) is 13.6. The Morgan fingerprint density at radius 3 is 2.53 bits per heavy atom. The lowest BCUT2D eigenvalue weighted by atomic mass is 9.95. The zero-order chi connectivity index (χ0) is 12.5. The average Bonchev–Trinajstić information content (AvgIpc) is 2.63. The number of nitrogens with zero attached hydrogens (tertiary/aromatic N) is 3. The van der Waals surface area contributed by atoms with Crippen LogP contribution in [0.25, 0.3) is 0 Å². The molecule has 1 aliphatic heterocycles. The fourth-order valence-corrected chi connectivity index (χ4v) is 2.36. The van der Waals surface area contributed by atoms with Crippen LogP contribution in [-0.2, 0) is 0 Å². The van der Waals surface area contributed by atoms with E-state index in [4.69, 9.17) is 4.52 Å². The molecule has 5 heteroatoms. The number of hydrogen-bond donors (Lipinski definition) is 1. The summed E-state index contributed by atoms with van der Waals surface area (Å²) in [7, 11) is 0. The van der Waals surface area contributed by atoms with E-state index in [0.717, 1.165) is 38.4 Å². The number of aliphatic hydroxyl groups is 1. The molecule has 1 saturated heterocycles. The van der Waals surface area contributed by atoms with Gasteiger partial charge in [-0.15, -0.1) is 0 Å². The molecule has 0 aromatic carbocycles. The lowest BCUT2D eigenvalue weighted by Crippen LogP contribution is -2.42. The molecule has 1 N–H and O–H groups in total. The standard InChI is InChI=1S/C12H21N3O2/c1-9-13-11(17-14-9)10-4-6-15(7-5-10)8-12(2,3)16/h10,16H,4-8H2,1-3H3. The maximum absolute atomic E-state index is 9.77. The Hall–Kier alpha value is -0.940. The third-order valence-electron chi connectivity index (χ3n) is 3.09. The van der Waals surface area contributed by atoms with E-state index in [2.05, 4.69) is 15.0 Å². The van der Waals surface area contributed by atoms with Crippen molar-refractivity contribution in [3.8, 4) is 0 Å². The molecule has 0 aliphatic carbocycles. The summed E-state index contributed by atoms with van der Waals surface area (Å²) in [6.45, 7) is 8.23. The highest BCUT2D eigenvalue weighted by Gasteiger charge is 2.27. The molecule has 17 heavy (non-hydrogen) atoms. The summed E-state index contributed by atoms with van der Waals surface area (Å²) in [5.74, 6) is 1.86. The molecule has 1 fully saturated rings. The predicted octanol–water partition coefficient (Wildman–Crippen LogP) is 1.33. The molecule has 1 aromatic heterocycles. The van der Waals surface area contributed by atoms with Gasteiger partial charge >= 0.3 is 0 Å². The van der Waals surface area contributed by atoms with E-state index in [-0.39, 0.29) is 0 Å². The van der Waals surface area contributed by atoms with Crippen molar-refractivity contribution in [3.05, 3.63) is 11.7 Å². The van der Waals surface area contributed by atoms with Gasteiger partial charge < -0.3 is 14.5 Å². The third-order valence-corrected chi connectivity index (χ3v) is 3.09. The number of aryl methyl sites for hydroxylation is 1. The van der Waals surface area contributed by atoms with E-state index in [9.17, 15) is 5.11 Å². The highest BCUT2D eigenvalue weighted by atomic mass is 16.5. The molecule has 0 bridgehead atoms. The number of likely N-dealkylation sites (tertiary alicyclic amines) is 1. The Morgan fingerprint density at radius 1 is 1.41 bits per heavy atom. The van der Waals surface area contributed by atoms with Crippen molar-refractivity contribution < 1.29 is 9.63 Å². The highest BCUT2D eigenvalue weighted by molar-refractivity contribution is 4.95. The monoisotopic (exact) mass is 239 g/mol. The second kappa shape index (κ2) is 4.74. The van der Waals surface area contributed by atoms with E-state index < -0.39 is 5.60 Å². The van der Waals surface area contributed by atoms with Gasteiger partial charge in [-0.05, 0) is 46.7 Å². The first-order valence-corrected chi connectivity index (χ1v) is 6.19. The summed E-state index contributed by atoms with van der Waals surface area (Å²) >= 11 is 0. The number of β-amino-alcohol motifs (C(OH)–C–C–N with tert-alkyl or cyclic N) is 1. The molecule has 0 amide bonds. The van der Waals surface area contributed by atoms with Crippen LogP contribution in [-0.4, -0.2) is 45.4 Å². The average molecular weight is 239 g/mol. The minimum atomic E-state index is -0.617. The summed E-state index contributed by atoms with van der Waals surface area (Å²) < 4.78 is 5.21. The van der Waals surface area contributed by atoms with Gasteiger partial charge in [0.05, 0.1) is 5.60 Å². The summed E-state index contributed by atoms with van der Waals surface area (Å²) in [4.78, 5) is 6.58. The van der Waals surface area contributed by atoms with E-state index in [1.165, 1.54) is 0 Å². The Labute approximate surface area is 102 Å². The van der Waals surface area contributed by atoms with Crippen molar-refractivity contribution in [1.82, 2.24) is 15.0 Å². The van der Waals surface area contributed by atoms with Gasteiger partial charge in [-0.3, -0.25) is 0 Å². The summed E-state index contributed by atoms with van der Waals surface area (Å²) in [6.07, 6.45) is 2.05. The van der Waals surface area contributed by atoms with Crippen LogP contribution in [0.4, 0.5) is 0 Å². The molecule has 1 aromatic rings. The van der Waals surface area contributed by atoms with Crippen LogP contribution >= 0.6 is 0 Å². The third kappa shape index (κ3) is 3.51. The Kier molecular flexibility index (Phi) is 3.49. The number of piperidine rings is 1. The van der Waals surface area contributed by atoms with Crippen LogP contribution < -0.4 is 0 Å². The normalized spacial score (nSPS) is 19.8. The molecule has 5 nitrogen and oxygen atoms in total. The smallest absolute Gasteiger partial charge is 0.229 e. The summed E-state index contributed by atoms with van der Waals surface area (Å²) in [6, 6.07) is 0. The van der Waals surface area contributed by atoms with Crippen molar-refractivity contribution in [1.29, 1.82) is 0 Å². The fraction of sp³-hybridized carbons (Fsp3) is 0.833. The molecule has 2 heterocycles. The highest BCUT2D eigenvalue weighted by Crippen LogP contribution is 2.27. The molecular weight excluding hydrogens is 218 g/mol. The van der Waals surface area contributed by atoms with Gasteiger partial charge in [0.2, 0.25) is 5.89 Å². The number of aromatic nitrogens is 2. The lowest BCUT2D eigenvalue weighted by molar-refractivity contribution is 0.0270. The van der Waals surface area contributed by atoms with Crippen molar-refractivity contribution in [3.63, 3.8) is 0 Å². The first-order chi connectivity index (χ1) is 7.94.